The Bertz CT molecular complexity index is 1050. The lowest BCUT2D eigenvalue weighted by Crippen LogP contribution is -1.89. The number of thiazole rings is 1. The molecule has 4 aromatic rings. The smallest absolute Gasteiger partial charge is 0.233 e. The predicted octanol–water partition coefficient (Wildman–Crippen LogP) is 5.78. The van der Waals surface area contributed by atoms with E-state index in [0.29, 0.717) is 28.2 Å². The van der Waals surface area contributed by atoms with E-state index in [4.69, 9.17) is 27.7 Å². The van der Waals surface area contributed by atoms with E-state index in [2.05, 4.69) is 20.1 Å². The molecule has 0 N–H and O–H groups in total. The molecule has 27 heavy (non-hydrogen) atoms. The van der Waals surface area contributed by atoms with Gasteiger partial charge in [0.05, 0.1) is 12.1 Å². The van der Waals surface area contributed by atoms with Crippen molar-refractivity contribution in [2.45, 2.75) is 16.5 Å². The lowest BCUT2D eigenvalue weighted by Gasteiger charge is -2.02. The van der Waals surface area contributed by atoms with E-state index < -0.39 is 0 Å². The van der Waals surface area contributed by atoms with Crippen LogP contribution in [0.1, 0.15) is 17.1 Å². The zero-order valence-electron chi connectivity index (χ0n) is 13.8. The summed E-state index contributed by atoms with van der Waals surface area (Å²) in [5.41, 5.74) is 2.80. The van der Waals surface area contributed by atoms with E-state index in [-0.39, 0.29) is 0 Å². The molecule has 0 aliphatic rings. The van der Waals surface area contributed by atoms with Gasteiger partial charge in [0.25, 0.3) is 0 Å². The molecule has 0 aliphatic heterocycles. The lowest BCUT2D eigenvalue weighted by atomic mass is 10.2. The van der Waals surface area contributed by atoms with Gasteiger partial charge in [0.2, 0.25) is 11.7 Å². The first-order chi connectivity index (χ1) is 13.2. The average Bonchev–Trinajstić information content (AvgIpc) is 3.32. The van der Waals surface area contributed by atoms with Gasteiger partial charge in [-0.2, -0.15) is 4.98 Å². The van der Waals surface area contributed by atoms with Crippen LogP contribution in [-0.2, 0) is 12.2 Å². The first kappa shape index (κ1) is 18.4. The summed E-state index contributed by atoms with van der Waals surface area (Å²) in [5, 5.41) is 7.32. The molecule has 0 aliphatic carbocycles. The van der Waals surface area contributed by atoms with E-state index in [0.717, 1.165) is 26.9 Å². The Hall–Kier alpha value is -1.93. The van der Waals surface area contributed by atoms with E-state index in [9.17, 15) is 0 Å². The van der Waals surface area contributed by atoms with Crippen LogP contribution >= 0.6 is 46.3 Å². The largest absolute Gasteiger partial charge is 0.339 e. The summed E-state index contributed by atoms with van der Waals surface area (Å²) >= 11 is 15.4. The highest BCUT2D eigenvalue weighted by molar-refractivity contribution is 8.00. The van der Waals surface area contributed by atoms with Gasteiger partial charge in [-0.05, 0) is 29.8 Å². The van der Waals surface area contributed by atoms with Crippen LogP contribution in [0.25, 0.3) is 11.4 Å². The second kappa shape index (κ2) is 8.39. The first-order valence-electron chi connectivity index (χ1n) is 7.91. The number of benzene rings is 1. The van der Waals surface area contributed by atoms with Crippen LogP contribution in [0.2, 0.25) is 10.0 Å². The molecule has 3 aromatic heterocycles. The van der Waals surface area contributed by atoms with Crippen molar-refractivity contribution in [3.05, 3.63) is 75.3 Å². The summed E-state index contributed by atoms with van der Waals surface area (Å²) in [7, 11) is 0. The Balaban J connectivity index is 1.39. The minimum Gasteiger partial charge on any atom is -0.339 e. The van der Waals surface area contributed by atoms with Crippen molar-refractivity contribution < 1.29 is 4.52 Å². The van der Waals surface area contributed by atoms with Gasteiger partial charge in [-0.3, -0.25) is 4.98 Å². The molecule has 0 amide bonds. The van der Waals surface area contributed by atoms with Crippen LogP contribution in [0.4, 0.5) is 0 Å². The highest BCUT2D eigenvalue weighted by atomic mass is 35.5. The number of nitrogens with zero attached hydrogens (tertiary/aromatic N) is 4. The molecule has 3 heterocycles. The predicted molar refractivity (Wildman–Crippen MR) is 108 cm³/mol. The summed E-state index contributed by atoms with van der Waals surface area (Å²) < 4.78 is 6.30. The molecule has 9 heteroatoms. The van der Waals surface area contributed by atoms with Gasteiger partial charge in [-0.25, -0.2) is 4.98 Å². The van der Waals surface area contributed by atoms with Crippen molar-refractivity contribution in [1.29, 1.82) is 0 Å². The van der Waals surface area contributed by atoms with Crippen molar-refractivity contribution in [1.82, 2.24) is 20.1 Å². The lowest BCUT2D eigenvalue weighted by molar-refractivity contribution is 0.385. The molecule has 0 saturated carbocycles. The summed E-state index contributed by atoms with van der Waals surface area (Å²) in [6, 6.07) is 9.21. The molecule has 0 radical (unpaired) electrons. The second-order valence-corrected chi connectivity index (χ2v) is 8.48. The molecule has 0 saturated heterocycles. The number of hydrogen-bond acceptors (Lipinski definition) is 7. The Labute approximate surface area is 173 Å². The van der Waals surface area contributed by atoms with Crippen LogP contribution in [-0.4, -0.2) is 20.1 Å². The Morgan fingerprint density at radius 3 is 2.74 bits per heavy atom. The normalized spacial score (nSPS) is 11.0. The summed E-state index contributed by atoms with van der Waals surface area (Å²) in [6.07, 6.45) is 3.89. The molecule has 136 valence electrons. The molecular weight excluding hydrogens is 423 g/mol. The van der Waals surface area contributed by atoms with Crippen LogP contribution in [0, 0.1) is 0 Å². The fourth-order valence-electron chi connectivity index (χ4n) is 2.31. The SMILES string of the molecule is Clc1ccc(CSc2nc(Cc3nc(-c4ccncc4)no3)cs2)c(Cl)c1. The second-order valence-electron chi connectivity index (χ2n) is 5.55. The van der Waals surface area contributed by atoms with Crippen molar-refractivity contribution in [3.8, 4) is 11.4 Å². The first-order valence-corrected chi connectivity index (χ1v) is 10.5. The Kier molecular flexibility index (Phi) is 5.73. The summed E-state index contributed by atoms with van der Waals surface area (Å²) in [4.78, 5) is 13.0. The number of thioether (sulfide) groups is 1. The minimum atomic E-state index is 0.497. The number of aromatic nitrogens is 4. The average molecular weight is 435 g/mol. The monoisotopic (exact) mass is 434 g/mol. The summed E-state index contributed by atoms with van der Waals surface area (Å²) in [5.74, 6) is 1.81. The maximum Gasteiger partial charge on any atom is 0.233 e. The molecule has 4 rings (SSSR count). The third kappa shape index (κ3) is 4.68. The van der Waals surface area contributed by atoms with Gasteiger partial charge < -0.3 is 4.52 Å². The van der Waals surface area contributed by atoms with E-state index in [1.165, 1.54) is 0 Å². The molecule has 0 unspecified atom stereocenters. The number of hydrogen-bond donors (Lipinski definition) is 0. The van der Waals surface area contributed by atoms with Crippen molar-refractivity contribution in [3.63, 3.8) is 0 Å². The number of halogens is 2. The highest BCUT2D eigenvalue weighted by Crippen LogP contribution is 2.30. The van der Waals surface area contributed by atoms with Gasteiger partial charge in [-0.15, -0.1) is 11.3 Å². The minimum absolute atomic E-state index is 0.497. The van der Waals surface area contributed by atoms with E-state index >= 15 is 0 Å². The van der Waals surface area contributed by atoms with Gasteiger partial charge in [0.15, 0.2) is 0 Å². The molecule has 0 bridgehead atoms. The Morgan fingerprint density at radius 1 is 1.07 bits per heavy atom. The zero-order chi connectivity index (χ0) is 18.6. The van der Waals surface area contributed by atoms with Crippen molar-refractivity contribution in [2.24, 2.45) is 0 Å². The van der Waals surface area contributed by atoms with Gasteiger partial charge >= 0.3 is 0 Å². The third-order valence-corrected chi connectivity index (χ3v) is 6.34. The molecule has 0 spiro atoms. The number of rotatable bonds is 6. The van der Waals surface area contributed by atoms with E-state index in [1.807, 2.05) is 29.6 Å². The Morgan fingerprint density at radius 2 is 1.93 bits per heavy atom. The third-order valence-electron chi connectivity index (χ3n) is 3.64. The van der Waals surface area contributed by atoms with Gasteiger partial charge in [-0.1, -0.05) is 46.2 Å². The van der Waals surface area contributed by atoms with Gasteiger partial charge in [0, 0.05) is 39.1 Å². The maximum absolute atomic E-state index is 6.21. The topological polar surface area (TPSA) is 64.7 Å². The van der Waals surface area contributed by atoms with Gasteiger partial charge in [0.1, 0.15) is 4.34 Å². The molecular formula is C18H12Cl2N4OS2. The van der Waals surface area contributed by atoms with Crippen molar-refractivity contribution in [2.75, 3.05) is 0 Å². The molecule has 0 fully saturated rings. The van der Waals surface area contributed by atoms with Crippen LogP contribution in [0.15, 0.2) is 57.0 Å². The summed E-state index contributed by atoms with van der Waals surface area (Å²) in [6.45, 7) is 0. The van der Waals surface area contributed by atoms with Crippen molar-refractivity contribution >= 4 is 46.3 Å². The molecule has 1 aromatic carbocycles. The quantitative estimate of drug-likeness (QED) is 0.358. The highest BCUT2D eigenvalue weighted by Gasteiger charge is 2.12. The molecule has 0 atom stereocenters. The fourth-order valence-corrected chi connectivity index (χ4v) is 4.72. The van der Waals surface area contributed by atoms with Crippen LogP contribution in [0.5, 0.6) is 0 Å². The standard InChI is InChI=1S/C18H12Cl2N4OS2/c19-13-2-1-12(15(20)7-13)9-26-18-22-14(10-27-18)8-16-23-17(24-25-16)11-3-5-21-6-4-11/h1-7,10H,8-9H2. The van der Waals surface area contributed by atoms with Crippen LogP contribution < -0.4 is 0 Å². The van der Waals surface area contributed by atoms with Crippen LogP contribution in [0.3, 0.4) is 0 Å². The number of pyridine rings is 1. The fraction of sp³-hybridized carbons (Fsp3) is 0.111. The maximum atomic E-state index is 6.21. The molecule has 5 nitrogen and oxygen atoms in total. The van der Waals surface area contributed by atoms with E-state index in [1.54, 1.807) is 41.6 Å². The zero-order valence-corrected chi connectivity index (χ0v) is 16.9.